The monoisotopic (exact) mass is 500 g/mol. The van der Waals surface area contributed by atoms with E-state index >= 15 is 0 Å². The molecule has 2 aromatic carbocycles. The summed E-state index contributed by atoms with van der Waals surface area (Å²) in [5.41, 5.74) is 7.09. The summed E-state index contributed by atoms with van der Waals surface area (Å²) in [6.45, 7) is 7.97. The molecule has 8 nitrogen and oxygen atoms in total. The number of aromatic nitrogens is 5. The third kappa shape index (κ3) is 5.44. The first-order valence-corrected chi connectivity index (χ1v) is 13.2. The van der Waals surface area contributed by atoms with E-state index in [0.29, 0.717) is 6.54 Å². The van der Waals surface area contributed by atoms with Gasteiger partial charge in [-0.2, -0.15) is 0 Å². The number of carbonyl (C=O) groups is 1. The van der Waals surface area contributed by atoms with Crippen molar-refractivity contribution in [2.45, 2.75) is 65.0 Å². The summed E-state index contributed by atoms with van der Waals surface area (Å²) >= 11 is 0. The van der Waals surface area contributed by atoms with Crippen molar-refractivity contribution in [1.82, 2.24) is 29.4 Å². The third-order valence-corrected chi connectivity index (χ3v) is 7.81. The molecule has 0 saturated carbocycles. The number of hydrogen-bond acceptors (Lipinski definition) is 5. The highest BCUT2D eigenvalue weighted by molar-refractivity contribution is 5.80. The maximum absolute atomic E-state index is 12.0. The lowest BCUT2D eigenvalue weighted by Crippen LogP contribution is -2.26. The van der Waals surface area contributed by atoms with Gasteiger partial charge < -0.3 is 9.67 Å². The van der Waals surface area contributed by atoms with Crippen LogP contribution in [0, 0.1) is 13.8 Å². The normalized spacial score (nSPS) is 15.6. The van der Waals surface area contributed by atoms with Crippen molar-refractivity contribution in [2.75, 3.05) is 13.1 Å². The van der Waals surface area contributed by atoms with Crippen molar-refractivity contribution in [3.63, 3.8) is 0 Å². The van der Waals surface area contributed by atoms with Crippen molar-refractivity contribution in [1.29, 1.82) is 0 Å². The summed E-state index contributed by atoms with van der Waals surface area (Å²) in [7, 11) is 1.87. The number of carboxylic acid groups (broad SMARTS) is 1. The third-order valence-electron chi connectivity index (χ3n) is 7.81. The standard InChI is InChI=1S/C29H36N6O2/c1-20-8-9-22(25(17-28(36)37)24-10-11-26-29(21(24)2)31-32-33(26)3)16-23(20)18-35-15-12-30-27(35)19-34-13-6-4-5-7-14-34/h8-12,15-16,25H,4-7,13-14,17-19H2,1-3H3,(H,36,37). The molecule has 0 spiro atoms. The van der Waals surface area contributed by atoms with E-state index in [-0.39, 0.29) is 12.3 Å². The highest BCUT2D eigenvalue weighted by atomic mass is 16.4. The lowest BCUT2D eigenvalue weighted by Gasteiger charge is -2.22. The number of benzene rings is 2. The Hall–Kier alpha value is -3.52. The average Bonchev–Trinajstić information content (AvgIpc) is 3.37. The molecule has 8 heteroatoms. The number of fused-ring (bicyclic) bond motifs is 1. The molecule has 1 fully saturated rings. The molecule has 0 amide bonds. The van der Waals surface area contributed by atoms with E-state index in [0.717, 1.165) is 53.2 Å². The molecular formula is C29H36N6O2. The first-order valence-electron chi connectivity index (χ1n) is 13.2. The van der Waals surface area contributed by atoms with Gasteiger partial charge in [-0.15, -0.1) is 5.10 Å². The van der Waals surface area contributed by atoms with Crippen LogP contribution < -0.4 is 0 Å². The van der Waals surface area contributed by atoms with Crippen LogP contribution in [0.1, 0.15) is 71.7 Å². The molecule has 1 N–H and O–H groups in total. The molecule has 2 aromatic heterocycles. The molecule has 1 aliphatic rings. The highest BCUT2D eigenvalue weighted by Crippen LogP contribution is 2.34. The van der Waals surface area contributed by atoms with E-state index in [9.17, 15) is 9.90 Å². The Kier molecular flexibility index (Phi) is 7.37. The zero-order valence-corrected chi connectivity index (χ0v) is 22.0. The second kappa shape index (κ2) is 10.8. The molecular weight excluding hydrogens is 464 g/mol. The van der Waals surface area contributed by atoms with Gasteiger partial charge in [-0.1, -0.05) is 42.3 Å². The van der Waals surface area contributed by atoms with Gasteiger partial charge in [0.2, 0.25) is 0 Å². The lowest BCUT2D eigenvalue weighted by molar-refractivity contribution is -0.137. The first kappa shape index (κ1) is 25.1. The minimum absolute atomic E-state index is 0.0143. The van der Waals surface area contributed by atoms with E-state index in [4.69, 9.17) is 0 Å². The van der Waals surface area contributed by atoms with Crippen LogP contribution in [-0.4, -0.2) is 53.6 Å². The van der Waals surface area contributed by atoms with Gasteiger partial charge in [0.15, 0.2) is 0 Å². The number of aryl methyl sites for hydroxylation is 3. The number of aliphatic carboxylic acids is 1. The Bertz CT molecular complexity index is 1400. The summed E-state index contributed by atoms with van der Waals surface area (Å²) in [6, 6.07) is 10.4. The van der Waals surface area contributed by atoms with Crippen LogP contribution in [0.2, 0.25) is 0 Å². The predicted octanol–water partition coefficient (Wildman–Crippen LogP) is 4.81. The first-order chi connectivity index (χ1) is 17.9. The second-order valence-corrected chi connectivity index (χ2v) is 10.4. The fraction of sp³-hybridized carbons (Fsp3) is 0.448. The van der Waals surface area contributed by atoms with Crippen LogP contribution in [0.4, 0.5) is 0 Å². The zero-order valence-electron chi connectivity index (χ0n) is 22.0. The van der Waals surface area contributed by atoms with Gasteiger partial charge in [-0.05, 0) is 73.7 Å². The van der Waals surface area contributed by atoms with E-state index < -0.39 is 5.97 Å². The molecule has 0 bridgehead atoms. The van der Waals surface area contributed by atoms with Gasteiger partial charge in [0.1, 0.15) is 11.3 Å². The van der Waals surface area contributed by atoms with Crippen LogP contribution in [0.25, 0.3) is 11.0 Å². The molecule has 0 aliphatic carbocycles. The molecule has 4 aromatic rings. The summed E-state index contributed by atoms with van der Waals surface area (Å²) in [5.74, 6) is -0.0135. The van der Waals surface area contributed by atoms with Gasteiger partial charge in [0, 0.05) is 31.9 Å². The van der Waals surface area contributed by atoms with Crippen molar-refractivity contribution in [2.24, 2.45) is 7.05 Å². The van der Waals surface area contributed by atoms with E-state index in [2.05, 4.69) is 56.1 Å². The molecule has 37 heavy (non-hydrogen) atoms. The maximum Gasteiger partial charge on any atom is 0.304 e. The van der Waals surface area contributed by atoms with Gasteiger partial charge in [-0.25, -0.2) is 9.67 Å². The maximum atomic E-state index is 12.0. The fourth-order valence-electron chi connectivity index (χ4n) is 5.60. The lowest BCUT2D eigenvalue weighted by atomic mass is 9.84. The average molecular weight is 501 g/mol. The minimum atomic E-state index is -0.819. The zero-order chi connectivity index (χ0) is 25.9. The summed E-state index contributed by atoms with van der Waals surface area (Å²) in [6.07, 6.45) is 9.11. The number of nitrogens with zero attached hydrogens (tertiary/aromatic N) is 6. The number of likely N-dealkylation sites (tertiary alicyclic amines) is 1. The number of imidazole rings is 1. The quantitative estimate of drug-likeness (QED) is 0.373. The van der Waals surface area contributed by atoms with Crippen LogP contribution in [0.3, 0.4) is 0 Å². The molecule has 1 atom stereocenters. The Labute approximate surface area is 217 Å². The minimum Gasteiger partial charge on any atom is -0.481 e. The van der Waals surface area contributed by atoms with Gasteiger partial charge in [0.25, 0.3) is 0 Å². The van der Waals surface area contributed by atoms with E-state index in [1.165, 1.54) is 36.8 Å². The van der Waals surface area contributed by atoms with Gasteiger partial charge in [0.05, 0.1) is 18.5 Å². The molecule has 1 aliphatic heterocycles. The molecule has 1 unspecified atom stereocenters. The topological polar surface area (TPSA) is 89.1 Å². The smallest absolute Gasteiger partial charge is 0.304 e. The summed E-state index contributed by atoms with van der Waals surface area (Å²) in [4.78, 5) is 19.2. The van der Waals surface area contributed by atoms with Crippen LogP contribution in [-0.2, 0) is 24.9 Å². The number of hydrogen-bond donors (Lipinski definition) is 1. The highest BCUT2D eigenvalue weighted by Gasteiger charge is 2.23. The van der Waals surface area contributed by atoms with E-state index in [1.54, 1.807) is 4.68 Å². The molecule has 3 heterocycles. The Balaban J connectivity index is 1.45. The molecule has 1 saturated heterocycles. The van der Waals surface area contributed by atoms with Crippen LogP contribution >= 0.6 is 0 Å². The summed E-state index contributed by atoms with van der Waals surface area (Å²) < 4.78 is 3.98. The van der Waals surface area contributed by atoms with Gasteiger partial charge in [-0.3, -0.25) is 9.69 Å². The van der Waals surface area contributed by atoms with Crippen molar-refractivity contribution < 1.29 is 9.90 Å². The second-order valence-electron chi connectivity index (χ2n) is 10.4. The van der Waals surface area contributed by atoms with Crippen LogP contribution in [0.5, 0.6) is 0 Å². The van der Waals surface area contributed by atoms with Gasteiger partial charge >= 0.3 is 5.97 Å². The van der Waals surface area contributed by atoms with Crippen LogP contribution in [0.15, 0.2) is 42.7 Å². The molecule has 0 radical (unpaired) electrons. The SMILES string of the molecule is Cc1ccc(C(CC(=O)O)c2ccc3c(nnn3C)c2C)cc1Cn1ccnc1CN1CCCCCC1. The van der Waals surface area contributed by atoms with E-state index in [1.807, 2.05) is 32.3 Å². The largest absolute Gasteiger partial charge is 0.481 e. The Morgan fingerprint density at radius 2 is 1.84 bits per heavy atom. The molecule has 5 rings (SSSR count). The molecule has 194 valence electrons. The Morgan fingerprint density at radius 3 is 2.59 bits per heavy atom. The Morgan fingerprint density at radius 1 is 1.05 bits per heavy atom. The van der Waals surface area contributed by atoms with Crippen molar-refractivity contribution in [3.05, 3.63) is 76.4 Å². The van der Waals surface area contributed by atoms with Crippen molar-refractivity contribution >= 4 is 17.0 Å². The summed E-state index contributed by atoms with van der Waals surface area (Å²) in [5, 5.41) is 18.3. The van der Waals surface area contributed by atoms with Crippen molar-refractivity contribution in [3.8, 4) is 0 Å². The predicted molar refractivity (Wildman–Crippen MR) is 144 cm³/mol. The number of carboxylic acids is 1. The fourth-order valence-corrected chi connectivity index (χ4v) is 5.60. The number of rotatable bonds is 8.